The maximum absolute atomic E-state index is 11.7. The highest BCUT2D eigenvalue weighted by atomic mass is 16.5. The van der Waals surface area contributed by atoms with E-state index in [9.17, 15) is 4.79 Å². The summed E-state index contributed by atoms with van der Waals surface area (Å²) >= 11 is 0. The number of nitrogens with one attached hydrogen (secondary N) is 1. The first-order valence-electron chi connectivity index (χ1n) is 5.81. The lowest BCUT2D eigenvalue weighted by molar-refractivity contribution is -0.123. The van der Waals surface area contributed by atoms with Gasteiger partial charge in [0.15, 0.2) is 0 Å². The molecule has 1 aliphatic carbocycles. The predicted octanol–water partition coefficient (Wildman–Crippen LogP) is 0.982. The lowest BCUT2D eigenvalue weighted by Crippen LogP contribution is -2.44. The fraction of sp³-hybridized carbons (Fsp3) is 0.462. The Bertz CT molecular complexity index is 388. The van der Waals surface area contributed by atoms with Crippen molar-refractivity contribution in [1.29, 1.82) is 0 Å². The van der Waals surface area contributed by atoms with Crippen molar-refractivity contribution in [3.63, 3.8) is 0 Å². The minimum atomic E-state index is -0.616. The molecule has 4 heteroatoms. The van der Waals surface area contributed by atoms with Crippen LogP contribution in [-0.2, 0) is 9.53 Å². The predicted molar refractivity (Wildman–Crippen MR) is 65.4 cm³/mol. The molecular formula is C13H18N2O2. The van der Waals surface area contributed by atoms with E-state index in [0.29, 0.717) is 6.54 Å². The molecule has 0 spiro atoms. The highest BCUT2D eigenvalue weighted by Gasteiger charge is 2.45. The SMILES string of the molecule is COC(CNC(=O)C1(N)CC1)c1ccccc1. The van der Waals surface area contributed by atoms with Crippen LogP contribution in [0.5, 0.6) is 0 Å². The van der Waals surface area contributed by atoms with Crippen molar-refractivity contribution < 1.29 is 9.53 Å². The third kappa shape index (κ3) is 2.84. The average molecular weight is 234 g/mol. The molecule has 1 atom stereocenters. The van der Waals surface area contributed by atoms with Gasteiger partial charge in [-0.2, -0.15) is 0 Å². The molecule has 1 unspecified atom stereocenters. The molecule has 0 aromatic heterocycles. The molecule has 2 rings (SSSR count). The Kier molecular flexibility index (Phi) is 3.45. The molecule has 1 aliphatic rings. The summed E-state index contributed by atoms with van der Waals surface area (Å²) in [5, 5.41) is 2.85. The van der Waals surface area contributed by atoms with Gasteiger partial charge in [-0.1, -0.05) is 30.3 Å². The van der Waals surface area contributed by atoms with Crippen LogP contribution in [0.2, 0.25) is 0 Å². The molecule has 17 heavy (non-hydrogen) atoms. The van der Waals surface area contributed by atoms with E-state index >= 15 is 0 Å². The summed E-state index contributed by atoms with van der Waals surface area (Å²) in [6.07, 6.45) is 1.44. The van der Waals surface area contributed by atoms with E-state index in [1.807, 2.05) is 30.3 Å². The fourth-order valence-electron chi connectivity index (χ4n) is 1.73. The zero-order valence-corrected chi connectivity index (χ0v) is 9.98. The second-order valence-electron chi connectivity index (χ2n) is 4.50. The molecule has 1 fully saturated rings. The smallest absolute Gasteiger partial charge is 0.240 e. The van der Waals surface area contributed by atoms with Crippen LogP contribution >= 0.6 is 0 Å². The zero-order valence-electron chi connectivity index (χ0n) is 9.98. The van der Waals surface area contributed by atoms with Gasteiger partial charge in [-0.3, -0.25) is 4.79 Å². The van der Waals surface area contributed by atoms with Crippen molar-refractivity contribution in [3.05, 3.63) is 35.9 Å². The maximum Gasteiger partial charge on any atom is 0.240 e. The van der Waals surface area contributed by atoms with Crippen LogP contribution in [0.3, 0.4) is 0 Å². The summed E-state index contributed by atoms with van der Waals surface area (Å²) in [6, 6.07) is 9.82. The number of carbonyl (C=O) groups is 1. The topological polar surface area (TPSA) is 64.3 Å². The standard InChI is InChI=1S/C13H18N2O2/c1-17-11(10-5-3-2-4-6-10)9-15-12(16)13(14)7-8-13/h2-6,11H,7-9,14H2,1H3,(H,15,16). The number of amides is 1. The first kappa shape index (κ1) is 12.1. The minimum Gasteiger partial charge on any atom is -0.375 e. The number of hydrogen-bond donors (Lipinski definition) is 2. The van der Waals surface area contributed by atoms with E-state index in [1.165, 1.54) is 0 Å². The van der Waals surface area contributed by atoms with E-state index in [4.69, 9.17) is 10.5 Å². The summed E-state index contributed by atoms with van der Waals surface area (Å²) in [5.74, 6) is -0.0736. The molecule has 1 aromatic carbocycles. The van der Waals surface area contributed by atoms with E-state index in [1.54, 1.807) is 7.11 Å². The van der Waals surface area contributed by atoms with Crippen molar-refractivity contribution >= 4 is 5.91 Å². The van der Waals surface area contributed by atoms with Crippen molar-refractivity contribution in [2.75, 3.05) is 13.7 Å². The van der Waals surface area contributed by atoms with Crippen molar-refractivity contribution in [3.8, 4) is 0 Å². The molecule has 92 valence electrons. The number of hydrogen-bond acceptors (Lipinski definition) is 3. The number of benzene rings is 1. The highest BCUT2D eigenvalue weighted by molar-refractivity contribution is 5.88. The minimum absolute atomic E-state index is 0.0736. The van der Waals surface area contributed by atoms with Crippen molar-refractivity contribution in [2.45, 2.75) is 24.5 Å². The maximum atomic E-state index is 11.7. The second kappa shape index (κ2) is 4.85. The first-order chi connectivity index (χ1) is 8.15. The average Bonchev–Trinajstić information content (AvgIpc) is 3.11. The number of carbonyl (C=O) groups excluding carboxylic acids is 1. The number of methoxy groups -OCH3 is 1. The van der Waals surface area contributed by atoms with Crippen LogP contribution in [0.15, 0.2) is 30.3 Å². The zero-order chi connectivity index (χ0) is 12.3. The van der Waals surface area contributed by atoms with Gasteiger partial charge >= 0.3 is 0 Å². The molecule has 3 N–H and O–H groups in total. The molecule has 1 aromatic rings. The Morgan fingerprint density at radius 2 is 2.12 bits per heavy atom. The molecule has 0 saturated heterocycles. The molecule has 0 aliphatic heterocycles. The lowest BCUT2D eigenvalue weighted by atomic mass is 10.1. The van der Waals surface area contributed by atoms with Gasteiger partial charge in [0, 0.05) is 13.7 Å². The van der Waals surface area contributed by atoms with Gasteiger partial charge in [-0.15, -0.1) is 0 Å². The summed E-state index contributed by atoms with van der Waals surface area (Å²) in [6.45, 7) is 0.457. The summed E-state index contributed by atoms with van der Waals surface area (Å²) in [7, 11) is 1.64. The van der Waals surface area contributed by atoms with Crippen LogP contribution < -0.4 is 11.1 Å². The van der Waals surface area contributed by atoms with Gasteiger partial charge in [-0.25, -0.2) is 0 Å². The monoisotopic (exact) mass is 234 g/mol. The number of rotatable bonds is 5. The Morgan fingerprint density at radius 1 is 1.47 bits per heavy atom. The third-order valence-electron chi connectivity index (χ3n) is 3.14. The molecular weight excluding hydrogens is 216 g/mol. The van der Waals surface area contributed by atoms with E-state index < -0.39 is 5.54 Å². The molecule has 0 bridgehead atoms. The van der Waals surface area contributed by atoms with Crippen molar-refractivity contribution in [2.24, 2.45) is 5.73 Å². The Morgan fingerprint density at radius 3 is 2.65 bits per heavy atom. The van der Waals surface area contributed by atoms with E-state index in [0.717, 1.165) is 18.4 Å². The summed E-state index contributed by atoms with van der Waals surface area (Å²) in [5.41, 5.74) is 6.24. The molecule has 0 radical (unpaired) electrons. The van der Waals surface area contributed by atoms with Crippen LogP contribution in [-0.4, -0.2) is 25.1 Å². The third-order valence-corrected chi connectivity index (χ3v) is 3.14. The largest absolute Gasteiger partial charge is 0.375 e. The molecule has 1 amide bonds. The Hall–Kier alpha value is -1.39. The molecule has 1 saturated carbocycles. The number of nitrogens with two attached hydrogens (primary N) is 1. The lowest BCUT2D eigenvalue weighted by Gasteiger charge is -2.18. The summed E-state index contributed by atoms with van der Waals surface area (Å²) < 4.78 is 5.36. The van der Waals surface area contributed by atoms with Crippen LogP contribution in [0.25, 0.3) is 0 Å². The fourth-order valence-corrected chi connectivity index (χ4v) is 1.73. The quantitative estimate of drug-likeness (QED) is 0.798. The van der Waals surface area contributed by atoms with Crippen LogP contribution in [0, 0.1) is 0 Å². The first-order valence-corrected chi connectivity index (χ1v) is 5.81. The second-order valence-corrected chi connectivity index (χ2v) is 4.50. The van der Waals surface area contributed by atoms with Gasteiger partial charge in [0.25, 0.3) is 0 Å². The molecule has 0 heterocycles. The van der Waals surface area contributed by atoms with Crippen LogP contribution in [0.1, 0.15) is 24.5 Å². The van der Waals surface area contributed by atoms with E-state index in [2.05, 4.69) is 5.32 Å². The Labute approximate surface area is 101 Å². The number of ether oxygens (including phenoxy) is 1. The van der Waals surface area contributed by atoms with Gasteiger partial charge in [0.05, 0.1) is 11.6 Å². The van der Waals surface area contributed by atoms with E-state index in [-0.39, 0.29) is 12.0 Å². The molecule has 4 nitrogen and oxygen atoms in total. The van der Waals surface area contributed by atoms with Crippen LogP contribution in [0.4, 0.5) is 0 Å². The van der Waals surface area contributed by atoms with Gasteiger partial charge in [0.1, 0.15) is 0 Å². The summed E-state index contributed by atoms with van der Waals surface area (Å²) in [4.78, 5) is 11.7. The van der Waals surface area contributed by atoms with Gasteiger partial charge in [0.2, 0.25) is 5.91 Å². The van der Waals surface area contributed by atoms with Gasteiger partial charge < -0.3 is 15.8 Å². The normalized spacial score (nSPS) is 18.5. The van der Waals surface area contributed by atoms with Crippen molar-refractivity contribution in [1.82, 2.24) is 5.32 Å². The Balaban J connectivity index is 1.90. The highest BCUT2D eigenvalue weighted by Crippen LogP contribution is 2.32. The van der Waals surface area contributed by atoms with Gasteiger partial charge in [-0.05, 0) is 18.4 Å².